The van der Waals surface area contributed by atoms with Gasteiger partial charge < -0.3 is 15.4 Å². The van der Waals surface area contributed by atoms with Crippen LogP contribution in [0.2, 0.25) is 0 Å². The van der Waals surface area contributed by atoms with Gasteiger partial charge in [0.1, 0.15) is 11.6 Å². The number of amides is 3. The van der Waals surface area contributed by atoms with Crippen LogP contribution in [-0.4, -0.2) is 17.7 Å². The number of para-hydroxylation sites is 1. The van der Waals surface area contributed by atoms with E-state index in [1.165, 1.54) is 18.2 Å². The van der Waals surface area contributed by atoms with E-state index in [0.29, 0.717) is 23.4 Å². The lowest BCUT2D eigenvalue weighted by atomic mass is 9.90. The van der Waals surface area contributed by atoms with Crippen LogP contribution in [0.15, 0.2) is 72.8 Å². The second-order valence-electron chi connectivity index (χ2n) is 7.87. The Balaban J connectivity index is 1.45. The van der Waals surface area contributed by atoms with Gasteiger partial charge in [-0.1, -0.05) is 30.3 Å². The molecule has 0 saturated carbocycles. The van der Waals surface area contributed by atoms with Gasteiger partial charge in [0.05, 0.1) is 11.7 Å². The number of benzene rings is 3. The van der Waals surface area contributed by atoms with E-state index in [1.807, 2.05) is 31.2 Å². The fourth-order valence-corrected chi connectivity index (χ4v) is 4.27. The quantitative estimate of drug-likeness (QED) is 0.640. The highest BCUT2D eigenvalue weighted by Crippen LogP contribution is 2.45. The standard InChI is InChI=1S/C24H20FN3O3/c1-24-14-20(19-10-2-3-11-21(19)31-24)27-23(30)28(24)18-9-4-6-15(12-18)22(29)26-17-8-5-7-16(25)13-17/h2-13,20H,14H2,1H3,(H,26,29)(H,27,30). The first-order valence-electron chi connectivity index (χ1n) is 9.99. The molecule has 1 saturated heterocycles. The predicted molar refractivity (Wildman–Crippen MR) is 115 cm³/mol. The lowest BCUT2D eigenvalue weighted by molar-refractivity contribution is 0.0378. The van der Waals surface area contributed by atoms with E-state index < -0.39 is 17.4 Å². The van der Waals surface area contributed by atoms with Crippen molar-refractivity contribution in [1.82, 2.24) is 5.32 Å². The Morgan fingerprint density at radius 2 is 1.94 bits per heavy atom. The van der Waals surface area contributed by atoms with Gasteiger partial charge in [0.25, 0.3) is 5.91 Å². The Morgan fingerprint density at radius 3 is 2.77 bits per heavy atom. The highest BCUT2D eigenvalue weighted by molar-refractivity contribution is 6.05. The molecule has 2 bridgehead atoms. The van der Waals surface area contributed by atoms with E-state index in [-0.39, 0.29) is 12.1 Å². The predicted octanol–water partition coefficient (Wildman–Crippen LogP) is 4.85. The van der Waals surface area contributed by atoms with Crippen molar-refractivity contribution in [3.63, 3.8) is 0 Å². The SMILES string of the molecule is CC12CC(NC(=O)N1c1cccc(C(=O)Nc3cccc(F)c3)c1)c1ccccc1O2. The summed E-state index contributed by atoms with van der Waals surface area (Å²) in [5, 5.41) is 5.71. The molecule has 3 aromatic carbocycles. The largest absolute Gasteiger partial charge is 0.467 e. The molecule has 7 heteroatoms. The van der Waals surface area contributed by atoms with Gasteiger partial charge in [-0.15, -0.1) is 0 Å². The summed E-state index contributed by atoms with van der Waals surface area (Å²) in [5.41, 5.74) is 1.28. The zero-order valence-electron chi connectivity index (χ0n) is 16.8. The number of carbonyl (C=O) groups is 2. The molecule has 6 nitrogen and oxygen atoms in total. The maximum atomic E-state index is 13.4. The Kier molecular flexibility index (Phi) is 4.39. The van der Waals surface area contributed by atoms with Crippen molar-refractivity contribution in [2.24, 2.45) is 0 Å². The van der Waals surface area contributed by atoms with Crippen LogP contribution in [0.3, 0.4) is 0 Å². The molecule has 156 valence electrons. The molecule has 2 aliphatic heterocycles. The maximum absolute atomic E-state index is 13.4. The number of hydrogen-bond donors (Lipinski definition) is 2. The zero-order valence-corrected chi connectivity index (χ0v) is 16.8. The molecular formula is C24H20FN3O3. The lowest BCUT2D eigenvalue weighted by Gasteiger charge is -2.50. The molecule has 2 unspecified atom stereocenters. The highest BCUT2D eigenvalue weighted by atomic mass is 19.1. The summed E-state index contributed by atoms with van der Waals surface area (Å²) in [5.74, 6) is -0.109. The molecule has 0 aromatic heterocycles. The molecule has 3 aromatic rings. The number of nitrogens with zero attached hydrogens (tertiary/aromatic N) is 1. The summed E-state index contributed by atoms with van der Waals surface area (Å²) < 4.78 is 19.7. The Morgan fingerprint density at radius 1 is 1.13 bits per heavy atom. The van der Waals surface area contributed by atoms with Crippen molar-refractivity contribution < 1.29 is 18.7 Å². The fourth-order valence-electron chi connectivity index (χ4n) is 4.27. The number of ether oxygens (including phenoxy) is 1. The molecule has 2 N–H and O–H groups in total. The van der Waals surface area contributed by atoms with Gasteiger partial charge in [-0.25, -0.2) is 9.18 Å². The van der Waals surface area contributed by atoms with Gasteiger partial charge in [-0.2, -0.15) is 0 Å². The van der Waals surface area contributed by atoms with Crippen molar-refractivity contribution in [3.05, 3.63) is 89.7 Å². The van der Waals surface area contributed by atoms with Gasteiger partial charge in [0.2, 0.25) is 0 Å². The molecule has 3 amide bonds. The number of anilines is 2. The second-order valence-corrected chi connectivity index (χ2v) is 7.87. The third-order valence-corrected chi connectivity index (χ3v) is 5.63. The summed E-state index contributed by atoms with van der Waals surface area (Å²) in [4.78, 5) is 27.3. The van der Waals surface area contributed by atoms with E-state index in [0.717, 1.165) is 11.3 Å². The number of halogens is 1. The number of carbonyl (C=O) groups excluding carboxylic acids is 2. The minimum Gasteiger partial charge on any atom is -0.467 e. The molecule has 0 spiro atoms. The first kappa shape index (κ1) is 19.1. The summed E-state index contributed by atoms with van der Waals surface area (Å²) in [7, 11) is 0. The van der Waals surface area contributed by atoms with Crippen LogP contribution in [0.1, 0.15) is 35.3 Å². The van der Waals surface area contributed by atoms with Gasteiger partial charge in [-0.05, 0) is 49.4 Å². The minimum absolute atomic E-state index is 0.141. The molecule has 2 aliphatic rings. The Bertz CT molecular complexity index is 1200. The number of urea groups is 1. The van der Waals surface area contributed by atoms with Crippen LogP contribution in [0.5, 0.6) is 5.75 Å². The minimum atomic E-state index is -0.904. The Hall–Kier alpha value is -3.87. The summed E-state index contributed by atoms with van der Waals surface area (Å²) in [6.07, 6.45) is 0.565. The first-order chi connectivity index (χ1) is 14.9. The average Bonchev–Trinajstić information content (AvgIpc) is 2.73. The maximum Gasteiger partial charge on any atom is 0.325 e. The lowest BCUT2D eigenvalue weighted by Crippen LogP contribution is -2.65. The highest BCUT2D eigenvalue weighted by Gasteiger charge is 2.49. The van der Waals surface area contributed by atoms with Crippen LogP contribution in [-0.2, 0) is 0 Å². The smallest absolute Gasteiger partial charge is 0.325 e. The van der Waals surface area contributed by atoms with Crippen molar-refractivity contribution in [3.8, 4) is 5.75 Å². The Labute approximate surface area is 178 Å². The monoisotopic (exact) mass is 417 g/mol. The summed E-state index contributed by atoms with van der Waals surface area (Å²) in [6, 6.07) is 19.6. The third-order valence-electron chi connectivity index (χ3n) is 5.63. The van der Waals surface area contributed by atoms with Gasteiger partial charge in [0.15, 0.2) is 5.72 Å². The van der Waals surface area contributed by atoms with Crippen LogP contribution in [0.4, 0.5) is 20.6 Å². The summed E-state index contributed by atoms with van der Waals surface area (Å²) in [6.45, 7) is 1.87. The van der Waals surface area contributed by atoms with Crippen LogP contribution in [0.25, 0.3) is 0 Å². The summed E-state index contributed by atoms with van der Waals surface area (Å²) >= 11 is 0. The molecular weight excluding hydrogens is 397 g/mol. The fraction of sp³-hybridized carbons (Fsp3) is 0.167. The zero-order chi connectivity index (χ0) is 21.6. The number of hydrogen-bond acceptors (Lipinski definition) is 3. The first-order valence-corrected chi connectivity index (χ1v) is 9.99. The number of fused-ring (bicyclic) bond motifs is 4. The van der Waals surface area contributed by atoms with Crippen molar-refractivity contribution in [1.29, 1.82) is 0 Å². The second kappa shape index (κ2) is 7.12. The number of nitrogens with one attached hydrogen (secondary N) is 2. The topological polar surface area (TPSA) is 70.7 Å². The third kappa shape index (κ3) is 3.38. The van der Waals surface area contributed by atoms with E-state index >= 15 is 0 Å². The normalized spacial score (nSPS) is 21.5. The average molecular weight is 417 g/mol. The van der Waals surface area contributed by atoms with E-state index in [4.69, 9.17) is 4.74 Å². The van der Waals surface area contributed by atoms with E-state index in [9.17, 15) is 14.0 Å². The molecule has 31 heavy (non-hydrogen) atoms. The van der Waals surface area contributed by atoms with Gasteiger partial charge in [-0.3, -0.25) is 9.69 Å². The van der Waals surface area contributed by atoms with Crippen molar-refractivity contribution in [2.45, 2.75) is 25.1 Å². The molecule has 2 atom stereocenters. The molecule has 1 fully saturated rings. The van der Waals surface area contributed by atoms with Crippen LogP contribution >= 0.6 is 0 Å². The van der Waals surface area contributed by atoms with Crippen molar-refractivity contribution in [2.75, 3.05) is 10.2 Å². The van der Waals surface area contributed by atoms with Crippen LogP contribution in [0, 0.1) is 5.82 Å². The van der Waals surface area contributed by atoms with Gasteiger partial charge >= 0.3 is 6.03 Å². The van der Waals surface area contributed by atoms with Crippen molar-refractivity contribution >= 4 is 23.3 Å². The van der Waals surface area contributed by atoms with E-state index in [2.05, 4.69) is 10.6 Å². The number of rotatable bonds is 3. The molecule has 0 radical (unpaired) electrons. The van der Waals surface area contributed by atoms with E-state index in [1.54, 1.807) is 35.2 Å². The molecule has 0 aliphatic carbocycles. The van der Waals surface area contributed by atoms with Crippen LogP contribution < -0.4 is 20.3 Å². The molecule has 5 rings (SSSR count). The van der Waals surface area contributed by atoms with Gasteiger partial charge in [0, 0.05) is 23.2 Å². The molecule has 2 heterocycles.